The fourth-order valence-electron chi connectivity index (χ4n) is 4.98. The number of hydrogen-bond acceptors (Lipinski definition) is 5. The van der Waals surface area contributed by atoms with E-state index in [1.54, 1.807) is 12.1 Å². The van der Waals surface area contributed by atoms with Gasteiger partial charge in [-0.15, -0.1) is 0 Å². The third-order valence-corrected chi connectivity index (χ3v) is 8.84. The van der Waals surface area contributed by atoms with E-state index in [0.29, 0.717) is 37.8 Å². The number of hydrogen-bond donors (Lipinski definition) is 1. The van der Waals surface area contributed by atoms with E-state index in [4.69, 9.17) is 4.74 Å². The average molecular weight is 450 g/mol. The van der Waals surface area contributed by atoms with Gasteiger partial charge in [0.1, 0.15) is 0 Å². The zero-order valence-corrected chi connectivity index (χ0v) is 19.3. The third kappa shape index (κ3) is 5.07. The molecule has 2 saturated heterocycles. The molecule has 0 unspecified atom stereocenters. The van der Waals surface area contributed by atoms with Crippen molar-refractivity contribution in [2.75, 3.05) is 44.3 Å². The summed E-state index contributed by atoms with van der Waals surface area (Å²) in [7, 11) is -3.65. The Kier molecular flexibility index (Phi) is 7.19. The molecule has 2 heterocycles. The van der Waals surface area contributed by atoms with Crippen LogP contribution in [0.3, 0.4) is 0 Å². The zero-order chi connectivity index (χ0) is 21.8. The number of amides is 1. The Morgan fingerprint density at radius 2 is 1.71 bits per heavy atom. The molecule has 2 atom stereocenters. The van der Waals surface area contributed by atoms with Crippen molar-refractivity contribution < 1.29 is 17.9 Å². The molecule has 1 aliphatic carbocycles. The lowest BCUT2D eigenvalue weighted by molar-refractivity contribution is 0.0730. The molecular formula is C23H35N3O4S. The van der Waals surface area contributed by atoms with Crippen LogP contribution in [-0.2, 0) is 14.8 Å². The highest BCUT2D eigenvalue weighted by molar-refractivity contribution is 7.89. The van der Waals surface area contributed by atoms with E-state index in [2.05, 4.69) is 17.1 Å². The standard InChI is InChI=1S/C23H35N3O4S/c1-18-7-3-4-8-21(18)24-23(27)20-17-19(31(28,29)26-13-15-30-16-14-26)9-10-22(20)25-11-5-2-6-12-25/h9-10,17-18,21H,2-8,11-16H2,1H3,(H,24,27)/t18-,21+/m1/s1. The van der Waals surface area contributed by atoms with E-state index >= 15 is 0 Å². The highest BCUT2D eigenvalue weighted by Gasteiger charge is 2.30. The molecule has 3 aliphatic rings. The normalized spacial score (nSPS) is 25.9. The maximum Gasteiger partial charge on any atom is 0.253 e. The van der Waals surface area contributed by atoms with Gasteiger partial charge in [-0.25, -0.2) is 8.42 Å². The number of carbonyl (C=O) groups excluding carboxylic acids is 1. The molecule has 1 aromatic carbocycles. The van der Waals surface area contributed by atoms with Crippen molar-refractivity contribution in [1.82, 2.24) is 9.62 Å². The van der Waals surface area contributed by atoms with Gasteiger partial charge in [0.2, 0.25) is 10.0 Å². The summed E-state index contributed by atoms with van der Waals surface area (Å²) in [5.74, 6) is 0.287. The number of rotatable bonds is 5. The predicted octanol–water partition coefficient (Wildman–Crippen LogP) is 3.01. The summed E-state index contributed by atoms with van der Waals surface area (Å²) in [6, 6.07) is 5.24. The minimum absolute atomic E-state index is 0.148. The predicted molar refractivity (Wildman–Crippen MR) is 121 cm³/mol. The number of nitrogens with one attached hydrogen (secondary N) is 1. The summed E-state index contributed by atoms with van der Waals surface area (Å²) in [6.45, 7) is 5.48. The highest BCUT2D eigenvalue weighted by atomic mass is 32.2. The summed E-state index contributed by atoms with van der Waals surface area (Å²) < 4.78 is 33.2. The molecule has 4 rings (SSSR count). The van der Waals surface area contributed by atoms with E-state index in [9.17, 15) is 13.2 Å². The van der Waals surface area contributed by atoms with Crippen LogP contribution in [0.5, 0.6) is 0 Å². The van der Waals surface area contributed by atoms with Crippen molar-refractivity contribution in [2.45, 2.75) is 62.8 Å². The lowest BCUT2D eigenvalue weighted by Crippen LogP contribution is -2.42. The number of sulfonamides is 1. The van der Waals surface area contributed by atoms with Gasteiger partial charge in [-0.3, -0.25) is 4.79 Å². The Labute approximate surface area is 186 Å². The molecule has 7 nitrogen and oxygen atoms in total. The number of nitrogens with zero attached hydrogens (tertiary/aromatic N) is 2. The van der Waals surface area contributed by atoms with Crippen molar-refractivity contribution in [2.24, 2.45) is 5.92 Å². The molecule has 0 spiro atoms. The molecule has 8 heteroatoms. The van der Waals surface area contributed by atoms with Crippen LogP contribution in [0.1, 0.15) is 62.2 Å². The van der Waals surface area contributed by atoms with Crippen molar-refractivity contribution in [3.63, 3.8) is 0 Å². The van der Waals surface area contributed by atoms with E-state index < -0.39 is 10.0 Å². The fraction of sp³-hybridized carbons (Fsp3) is 0.696. The van der Waals surface area contributed by atoms with Gasteiger partial charge in [0.25, 0.3) is 5.91 Å². The number of carbonyl (C=O) groups is 1. The Morgan fingerprint density at radius 3 is 2.42 bits per heavy atom. The first-order valence-electron chi connectivity index (χ1n) is 11.7. The quantitative estimate of drug-likeness (QED) is 0.748. The number of ether oxygens (including phenoxy) is 1. The van der Waals surface area contributed by atoms with E-state index in [1.807, 2.05) is 6.07 Å². The van der Waals surface area contributed by atoms with E-state index in [0.717, 1.165) is 50.9 Å². The molecule has 2 aliphatic heterocycles. The smallest absolute Gasteiger partial charge is 0.253 e. The summed E-state index contributed by atoms with van der Waals surface area (Å²) in [5, 5.41) is 3.23. The number of morpholine rings is 1. The van der Waals surface area contributed by atoms with E-state index in [-0.39, 0.29) is 16.8 Å². The lowest BCUT2D eigenvalue weighted by Gasteiger charge is -2.33. The van der Waals surface area contributed by atoms with Crippen LogP contribution >= 0.6 is 0 Å². The molecule has 31 heavy (non-hydrogen) atoms. The number of anilines is 1. The molecule has 1 amide bonds. The number of benzene rings is 1. The lowest BCUT2D eigenvalue weighted by atomic mass is 9.86. The van der Waals surface area contributed by atoms with Gasteiger partial charge in [0.05, 0.1) is 23.7 Å². The third-order valence-electron chi connectivity index (χ3n) is 6.95. The molecule has 1 aromatic rings. The van der Waals surface area contributed by atoms with Gasteiger partial charge < -0.3 is 15.0 Å². The Bertz CT molecular complexity index is 877. The topological polar surface area (TPSA) is 79.0 Å². The SMILES string of the molecule is C[C@@H]1CCCC[C@@H]1NC(=O)c1cc(S(=O)(=O)N2CCOCC2)ccc1N1CCCCC1. The van der Waals surface area contributed by atoms with Crippen molar-refractivity contribution in [3.05, 3.63) is 23.8 Å². The first kappa shape index (κ1) is 22.6. The van der Waals surface area contributed by atoms with Crippen LogP contribution in [-0.4, -0.2) is 64.1 Å². The Balaban J connectivity index is 1.65. The molecular weight excluding hydrogens is 414 g/mol. The van der Waals surface area contributed by atoms with Gasteiger partial charge in [-0.1, -0.05) is 19.8 Å². The van der Waals surface area contributed by atoms with Crippen LogP contribution in [0, 0.1) is 5.92 Å². The van der Waals surface area contributed by atoms with Crippen molar-refractivity contribution in [3.8, 4) is 0 Å². The maximum atomic E-state index is 13.4. The summed E-state index contributed by atoms with van der Waals surface area (Å²) in [4.78, 5) is 15.8. The molecule has 1 saturated carbocycles. The van der Waals surface area contributed by atoms with Crippen molar-refractivity contribution in [1.29, 1.82) is 0 Å². The molecule has 0 bridgehead atoms. The monoisotopic (exact) mass is 449 g/mol. The average Bonchev–Trinajstić information content (AvgIpc) is 2.81. The first-order valence-corrected chi connectivity index (χ1v) is 13.2. The minimum atomic E-state index is -3.65. The molecule has 1 N–H and O–H groups in total. The molecule has 0 aromatic heterocycles. The van der Waals surface area contributed by atoms with Gasteiger partial charge in [0.15, 0.2) is 0 Å². The summed E-state index contributed by atoms with van der Waals surface area (Å²) in [5.41, 5.74) is 1.33. The first-order chi connectivity index (χ1) is 15.0. The second-order valence-electron chi connectivity index (χ2n) is 9.08. The second-order valence-corrected chi connectivity index (χ2v) is 11.0. The van der Waals surface area contributed by atoms with Gasteiger partial charge in [-0.2, -0.15) is 4.31 Å². The summed E-state index contributed by atoms with van der Waals surface area (Å²) >= 11 is 0. The van der Waals surface area contributed by atoms with Crippen LogP contribution in [0.25, 0.3) is 0 Å². The minimum Gasteiger partial charge on any atom is -0.379 e. The molecule has 3 fully saturated rings. The second kappa shape index (κ2) is 9.88. The molecule has 0 radical (unpaired) electrons. The van der Waals surface area contributed by atoms with Crippen molar-refractivity contribution >= 4 is 21.6 Å². The number of piperidine rings is 1. The van der Waals surface area contributed by atoms with Crippen LogP contribution < -0.4 is 10.2 Å². The highest BCUT2D eigenvalue weighted by Crippen LogP contribution is 2.30. The van der Waals surface area contributed by atoms with Crippen LogP contribution in [0.15, 0.2) is 23.1 Å². The van der Waals surface area contributed by atoms with E-state index in [1.165, 1.54) is 17.1 Å². The van der Waals surface area contributed by atoms with Crippen LogP contribution in [0.4, 0.5) is 5.69 Å². The fourth-order valence-corrected chi connectivity index (χ4v) is 6.42. The largest absolute Gasteiger partial charge is 0.379 e. The maximum absolute atomic E-state index is 13.4. The summed E-state index contributed by atoms with van der Waals surface area (Å²) in [6.07, 6.45) is 7.82. The Morgan fingerprint density at radius 1 is 1.00 bits per heavy atom. The van der Waals surface area contributed by atoms with Gasteiger partial charge >= 0.3 is 0 Å². The Hall–Kier alpha value is -1.64. The molecule has 172 valence electrons. The van der Waals surface area contributed by atoms with Crippen LogP contribution in [0.2, 0.25) is 0 Å². The zero-order valence-electron chi connectivity index (χ0n) is 18.5. The van der Waals surface area contributed by atoms with Gasteiger partial charge in [0, 0.05) is 37.9 Å². The van der Waals surface area contributed by atoms with Gasteiger partial charge in [-0.05, 0) is 56.2 Å².